The van der Waals surface area contributed by atoms with Crippen molar-refractivity contribution >= 4 is 32.6 Å². The number of nitrogens with zero attached hydrogens (tertiary/aromatic N) is 3. The minimum Gasteiger partial charge on any atom is -0.345 e. The zero-order valence-corrected chi connectivity index (χ0v) is 18.8. The van der Waals surface area contributed by atoms with Gasteiger partial charge in [0.1, 0.15) is 0 Å². The highest BCUT2D eigenvalue weighted by molar-refractivity contribution is 7.22. The lowest BCUT2D eigenvalue weighted by Crippen LogP contribution is -2.48. The molecule has 0 aliphatic carbocycles. The molecule has 0 spiro atoms. The fraction of sp³-hybridized carbons (Fsp3) is 0.417. The number of carbonyl (C=O) groups is 1. The second-order valence-corrected chi connectivity index (χ2v) is 10.0. The van der Waals surface area contributed by atoms with E-state index in [4.69, 9.17) is 4.98 Å². The molecule has 1 amide bonds. The maximum Gasteiger partial charge on any atom is 0.253 e. The molecule has 0 atom stereocenters. The molecule has 152 valence electrons. The normalized spacial score (nSPS) is 15.2. The molecule has 1 fully saturated rings. The van der Waals surface area contributed by atoms with Crippen molar-refractivity contribution in [3.05, 3.63) is 58.7 Å². The summed E-state index contributed by atoms with van der Waals surface area (Å²) in [6, 6.07) is 12.5. The lowest BCUT2D eigenvalue weighted by molar-refractivity contribution is 0.0746. The van der Waals surface area contributed by atoms with Gasteiger partial charge in [-0.1, -0.05) is 50.3 Å². The number of hydrogen-bond donors (Lipinski definition) is 0. The summed E-state index contributed by atoms with van der Waals surface area (Å²) in [7, 11) is 0. The Kier molecular flexibility index (Phi) is 5.11. The number of hydrogen-bond acceptors (Lipinski definition) is 4. The molecule has 1 aromatic heterocycles. The first kappa shape index (κ1) is 19.9. The summed E-state index contributed by atoms with van der Waals surface area (Å²) in [4.78, 5) is 22.1. The summed E-state index contributed by atoms with van der Waals surface area (Å²) in [6.07, 6.45) is 0. The Hall–Kier alpha value is -2.40. The highest BCUT2D eigenvalue weighted by Gasteiger charge is 2.24. The number of amides is 1. The lowest BCUT2D eigenvalue weighted by Gasteiger charge is -2.34. The predicted molar refractivity (Wildman–Crippen MR) is 122 cm³/mol. The molecule has 5 heteroatoms. The Morgan fingerprint density at radius 1 is 1.00 bits per heavy atom. The zero-order chi connectivity index (χ0) is 20.8. The Bertz CT molecular complexity index is 1040. The first-order valence-corrected chi connectivity index (χ1v) is 11.1. The molecule has 0 unspecified atom stereocenters. The van der Waals surface area contributed by atoms with Crippen LogP contribution in [0, 0.1) is 13.8 Å². The molecule has 4 rings (SSSR count). The molecule has 0 saturated carbocycles. The van der Waals surface area contributed by atoms with Crippen molar-refractivity contribution in [1.82, 2.24) is 9.88 Å². The fourth-order valence-corrected chi connectivity index (χ4v) is 4.96. The van der Waals surface area contributed by atoms with Crippen molar-refractivity contribution in [1.29, 1.82) is 0 Å². The number of anilines is 1. The van der Waals surface area contributed by atoms with Crippen LogP contribution in [0.15, 0.2) is 36.4 Å². The van der Waals surface area contributed by atoms with E-state index >= 15 is 0 Å². The number of fused-ring (bicyclic) bond motifs is 1. The molecule has 0 radical (unpaired) electrons. The quantitative estimate of drug-likeness (QED) is 0.588. The highest BCUT2D eigenvalue weighted by atomic mass is 32.1. The SMILES string of the molecule is Cc1cc(C)c2sc(N3CCN(C(=O)c4ccc(C(C)(C)C)cc4)CC3)nc2c1. The Morgan fingerprint density at radius 3 is 2.28 bits per heavy atom. The third kappa shape index (κ3) is 4.01. The molecule has 1 saturated heterocycles. The summed E-state index contributed by atoms with van der Waals surface area (Å²) in [6.45, 7) is 13.9. The van der Waals surface area contributed by atoms with E-state index in [1.807, 2.05) is 17.0 Å². The maximum atomic E-state index is 12.9. The maximum absolute atomic E-state index is 12.9. The van der Waals surface area contributed by atoms with Gasteiger partial charge in [0.25, 0.3) is 5.91 Å². The van der Waals surface area contributed by atoms with Crippen LogP contribution >= 0.6 is 11.3 Å². The topological polar surface area (TPSA) is 36.4 Å². The average Bonchev–Trinajstić information content (AvgIpc) is 3.11. The van der Waals surface area contributed by atoms with Gasteiger partial charge in [-0.15, -0.1) is 0 Å². The monoisotopic (exact) mass is 407 g/mol. The lowest BCUT2D eigenvalue weighted by atomic mass is 9.86. The van der Waals surface area contributed by atoms with Crippen LogP contribution < -0.4 is 4.90 Å². The molecule has 2 aromatic carbocycles. The smallest absolute Gasteiger partial charge is 0.253 e. The summed E-state index contributed by atoms with van der Waals surface area (Å²) in [5.41, 5.74) is 5.75. The third-order valence-electron chi connectivity index (χ3n) is 5.64. The van der Waals surface area contributed by atoms with E-state index in [0.717, 1.165) is 42.4 Å². The number of piperazine rings is 1. The molecule has 1 aliphatic rings. The van der Waals surface area contributed by atoms with E-state index in [2.05, 4.69) is 63.8 Å². The Balaban J connectivity index is 1.44. The molecule has 1 aliphatic heterocycles. The molecule has 4 nitrogen and oxygen atoms in total. The van der Waals surface area contributed by atoms with Crippen LogP contribution in [0.25, 0.3) is 10.2 Å². The first-order chi connectivity index (χ1) is 13.7. The number of aryl methyl sites for hydroxylation is 2. The van der Waals surface area contributed by atoms with E-state index in [1.54, 1.807) is 11.3 Å². The van der Waals surface area contributed by atoms with Crippen molar-refractivity contribution in [2.24, 2.45) is 0 Å². The van der Waals surface area contributed by atoms with Crippen LogP contribution in [0.1, 0.15) is 47.8 Å². The second kappa shape index (κ2) is 7.45. The van der Waals surface area contributed by atoms with Gasteiger partial charge in [-0.3, -0.25) is 4.79 Å². The van der Waals surface area contributed by atoms with Crippen molar-refractivity contribution in [3.8, 4) is 0 Å². The number of benzene rings is 2. The number of thiazole rings is 1. The Morgan fingerprint density at radius 2 is 1.66 bits per heavy atom. The van der Waals surface area contributed by atoms with Crippen LogP contribution in [-0.2, 0) is 5.41 Å². The van der Waals surface area contributed by atoms with Crippen molar-refractivity contribution in [2.75, 3.05) is 31.1 Å². The molecule has 0 bridgehead atoms. The predicted octanol–water partition coefficient (Wildman–Crippen LogP) is 5.17. The van der Waals surface area contributed by atoms with Gasteiger partial charge in [0, 0.05) is 31.7 Å². The zero-order valence-electron chi connectivity index (χ0n) is 18.0. The summed E-state index contributed by atoms with van der Waals surface area (Å²) < 4.78 is 1.27. The molecule has 0 N–H and O–H groups in total. The summed E-state index contributed by atoms with van der Waals surface area (Å²) in [5.74, 6) is 0.126. The second-order valence-electron chi connectivity index (χ2n) is 9.03. The van der Waals surface area contributed by atoms with Gasteiger partial charge in [0.15, 0.2) is 5.13 Å². The van der Waals surface area contributed by atoms with Gasteiger partial charge in [-0.05, 0) is 54.2 Å². The van der Waals surface area contributed by atoms with Gasteiger partial charge < -0.3 is 9.80 Å². The highest BCUT2D eigenvalue weighted by Crippen LogP contribution is 2.32. The minimum absolute atomic E-state index is 0.0986. The fourth-order valence-electron chi connectivity index (χ4n) is 3.90. The van der Waals surface area contributed by atoms with Gasteiger partial charge in [0.2, 0.25) is 0 Å². The molecule has 3 aromatic rings. The van der Waals surface area contributed by atoms with Crippen molar-refractivity contribution in [3.63, 3.8) is 0 Å². The van der Waals surface area contributed by atoms with Gasteiger partial charge in [-0.25, -0.2) is 4.98 Å². The third-order valence-corrected chi connectivity index (χ3v) is 6.91. The van der Waals surface area contributed by atoms with E-state index < -0.39 is 0 Å². The largest absolute Gasteiger partial charge is 0.345 e. The standard InChI is InChI=1S/C24H29N3OS/c1-16-14-17(2)21-20(15-16)25-23(29-21)27-12-10-26(11-13-27)22(28)18-6-8-19(9-7-18)24(3,4)5/h6-9,14-15H,10-13H2,1-5H3. The van der Waals surface area contributed by atoms with Crippen LogP contribution in [-0.4, -0.2) is 42.0 Å². The number of aromatic nitrogens is 1. The first-order valence-electron chi connectivity index (χ1n) is 10.2. The van der Waals surface area contributed by atoms with Crippen LogP contribution in [0.5, 0.6) is 0 Å². The van der Waals surface area contributed by atoms with E-state index in [1.165, 1.54) is 21.4 Å². The Labute approximate surface area is 177 Å². The molecular weight excluding hydrogens is 378 g/mol. The molecular formula is C24H29N3OS. The van der Waals surface area contributed by atoms with E-state index in [-0.39, 0.29) is 11.3 Å². The van der Waals surface area contributed by atoms with Crippen LogP contribution in [0.4, 0.5) is 5.13 Å². The number of rotatable bonds is 2. The average molecular weight is 408 g/mol. The van der Waals surface area contributed by atoms with Crippen LogP contribution in [0.3, 0.4) is 0 Å². The van der Waals surface area contributed by atoms with Gasteiger partial charge in [-0.2, -0.15) is 0 Å². The van der Waals surface area contributed by atoms with Crippen molar-refractivity contribution < 1.29 is 4.79 Å². The van der Waals surface area contributed by atoms with Gasteiger partial charge >= 0.3 is 0 Å². The van der Waals surface area contributed by atoms with E-state index in [0.29, 0.717) is 0 Å². The van der Waals surface area contributed by atoms with Gasteiger partial charge in [0.05, 0.1) is 10.2 Å². The van der Waals surface area contributed by atoms with E-state index in [9.17, 15) is 4.79 Å². The number of carbonyl (C=O) groups excluding carboxylic acids is 1. The molecule has 2 heterocycles. The summed E-state index contributed by atoms with van der Waals surface area (Å²) in [5, 5.41) is 1.07. The minimum atomic E-state index is 0.0986. The van der Waals surface area contributed by atoms with Crippen molar-refractivity contribution in [2.45, 2.75) is 40.0 Å². The van der Waals surface area contributed by atoms with Crippen LogP contribution in [0.2, 0.25) is 0 Å². The molecule has 29 heavy (non-hydrogen) atoms. The summed E-state index contributed by atoms with van der Waals surface area (Å²) >= 11 is 1.76.